The summed E-state index contributed by atoms with van der Waals surface area (Å²) < 4.78 is 0. The van der Waals surface area contributed by atoms with E-state index in [0.29, 0.717) is 11.5 Å². The average Bonchev–Trinajstić information content (AvgIpc) is 2.81. The van der Waals surface area contributed by atoms with Gasteiger partial charge in [0.25, 0.3) is 0 Å². The molecule has 0 radical (unpaired) electrons. The number of hydrogen-bond donors (Lipinski definition) is 2. The second kappa shape index (κ2) is 15.8. The first-order valence-corrected chi connectivity index (χ1v) is 13.8. The summed E-state index contributed by atoms with van der Waals surface area (Å²) in [6, 6.07) is 16.1. The predicted octanol–water partition coefficient (Wildman–Crippen LogP) is 6.42. The van der Waals surface area contributed by atoms with Crippen LogP contribution in [0.5, 0.6) is 0 Å². The highest BCUT2D eigenvalue weighted by Crippen LogP contribution is 2.14. The van der Waals surface area contributed by atoms with Gasteiger partial charge < -0.3 is 10.6 Å². The van der Waals surface area contributed by atoms with E-state index in [9.17, 15) is 9.59 Å². The number of hydrogen-bond acceptors (Lipinski definition) is 4. The summed E-state index contributed by atoms with van der Waals surface area (Å²) in [5, 5.41) is 5.91. The van der Waals surface area contributed by atoms with Crippen LogP contribution < -0.4 is 10.6 Å². The Bertz CT molecular complexity index is 738. The molecule has 0 aromatic heterocycles. The van der Waals surface area contributed by atoms with Crippen LogP contribution in [0.15, 0.2) is 48.5 Å². The predicted molar refractivity (Wildman–Crippen MR) is 142 cm³/mol. The van der Waals surface area contributed by atoms with E-state index in [1.54, 1.807) is 23.5 Å². The van der Waals surface area contributed by atoms with Crippen molar-refractivity contribution in [1.82, 2.24) is 0 Å². The molecule has 174 valence electrons. The lowest BCUT2D eigenvalue weighted by atomic mass is 10.1. The Kier molecular flexibility index (Phi) is 13.0. The van der Waals surface area contributed by atoms with Crippen LogP contribution in [0.1, 0.15) is 50.7 Å². The molecule has 2 aromatic carbocycles. The molecule has 2 N–H and O–H groups in total. The van der Waals surface area contributed by atoms with Crippen LogP contribution in [0.2, 0.25) is 0 Å². The number of unbranched alkanes of at least 4 members (excludes halogenated alkanes) is 3. The standard InChI is InChI=1S/C26H36N2O2S2/c1-3-21-9-13-23(14-10-21)27-25(29)19-31-17-7-5-6-8-18-32-20-26(30)28-24-15-11-22(4-2)12-16-24/h9-16H,3-8,17-20H2,1-2H3,(H,27,29)(H,28,30). The molecule has 0 unspecified atom stereocenters. The van der Waals surface area contributed by atoms with Gasteiger partial charge in [0, 0.05) is 11.4 Å². The van der Waals surface area contributed by atoms with Crippen LogP contribution in [0.3, 0.4) is 0 Å². The maximum Gasteiger partial charge on any atom is 0.234 e. The fraction of sp³-hybridized carbons (Fsp3) is 0.462. The topological polar surface area (TPSA) is 58.2 Å². The molecule has 0 fully saturated rings. The third kappa shape index (κ3) is 11.1. The Labute approximate surface area is 201 Å². The van der Waals surface area contributed by atoms with Gasteiger partial charge in [-0.1, -0.05) is 51.0 Å². The van der Waals surface area contributed by atoms with Gasteiger partial charge in [0.15, 0.2) is 0 Å². The largest absolute Gasteiger partial charge is 0.325 e. The molecule has 0 aliphatic rings. The van der Waals surface area contributed by atoms with Gasteiger partial charge in [0.05, 0.1) is 11.5 Å². The summed E-state index contributed by atoms with van der Waals surface area (Å²) in [5.41, 5.74) is 4.29. The molecule has 4 nitrogen and oxygen atoms in total. The second-order valence-electron chi connectivity index (χ2n) is 7.72. The maximum atomic E-state index is 12.0. The van der Waals surface area contributed by atoms with Crippen molar-refractivity contribution in [1.29, 1.82) is 0 Å². The number of anilines is 2. The van der Waals surface area contributed by atoms with Gasteiger partial charge in [0.2, 0.25) is 11.8 Å². The highest BCUT2D eigenvalue weighted by atomic mass is 32.2. The summed E-state index contributed by atoms with van der Waals surface area (Å²) >= 11 is 3.39. The fourth-order valence-electron chi connectivity index (χ4n) is 3.13. The van der Waals surface area contributed by atoms with Gasteiger partial charge in [0.1, 0.15) is 0 Å². The van der Waals surface area contributed by atoms with Crippen molar-refractivity contribution < 1.29 is 9.59 Å². The molecule has 2 amide bonds. The number of rotatable bonds is 15. The van der Waals surface area contributed by atoms with E-state index in [4.69, 9.17) is 0 Å². The lowest BCUT2D eigenvalue weighted by Crippen LogP contribution is -2.14. The number of thioether (sulfide) groups is 2. The molecule has 0 aliphatic heterocycles. The molecule has 2 aromatic rings. The fourth-order valence-corrected chi connectivity index (χ4v) is 4.75. The van der Waals surface area contributed by atoms with Crippen molar-refractivity contribution in [3.05, 3.63) is 59.7 Å². The van der Waals surface area contributed by atoms with Crippen LogP contribution >= 0.6 is 23.5 Å². The minimum Gasteiger partial charge on any atom is -0.325 e. The van der Waals surface area contributed by atoms with Crippen LogP contribution in [0.4, 0.5) is 11.4 Å². The lowest BCUT2D eigenvalue weighted by Gasteiger charge is -2.07. The zero-order valence-electron chi connectivity index (χ0n) is 19.3. The molecule has 0 saturated heterocycles. The first-order valence-electron chi connectivity index (χ1n) is 11.5. The number of benzene rings is 2. The van der Waals surface area contributed by atoms with E-state index in [-0.39, 0.29) is 11.8 Å². The van der Waals surface area contributed by atoms with Crippen molar-refractivity contribution in [2.75, 3.05) is 33.6 Å². The first-order chi connectivity index (χ1) is 15.6. The zero-order chi connectivity index (χ0) is 23.0. The average molecular weight is 473 g/mol. The summed E-state index contributed by atoms with van der Waals surface area (Å²) in [5.74, 6) is 3.15. The number of carbonyl (C=O) groups is 2. The van der Waals surface area contributed by atoms with E-state index in [0.717, 1.165) is 48.6 Å². The Morgan fingerprint density at radius 1 is 0.625 bits per heavy atom. The molecule has 0 heterocycles. The third-order valence-corrected chi connectivity index (χ3v) is 7.17. The van der Waals surface area contributed by atoms with Crippen LogP contribution in [0.25, 0.3) is 0 Å². The van der Waals surface area contributed by atoms with E-state index < -0.39 is 0 Å². The molecule has 6 heteroatoms. The summed E-state index contributed by atoms with van der Waals surface area (Å²) in [6.07, 6.45) is 6.61. The Morgan fingerprint density at radius 2 is 1.00 bits per heavy atom. The minimum atomic E-state index is 0.0650. The molecule has 0 bridgehead atoms. The summed E-state index contributed by atoms with van der Waals surface area (Å²) in [7, 11) is 0. The Morgan fingerprint density at radius 3 is 1.34 bits per heavy atom. The van der Waals surface area contributed by atoms with Gasteiger partial charge >= 0.3 is 0 Å². The van der Waals surface area contributed by atoms with Gasteiger partial charge in [-0.2, -0.15) is 23.5 Å². The monoisotopic (exact) mass is 472 g/mol. The van der Waals surface area contributed by atoms with Gasteiger partial charge in [-0.15, -0.1) is 0 Å². The maximum absolute atomic E-state index is 12.0. The van der Waals surface area contributed by atoms with E-state index >= 15 is 0 Å². The zero-order valence-corrected chi connectivity index (χ0v) is 21.0. The van der Waals surface area contributed by atoms with Gasteiger partial charge in [-0.3, -0.25) is 9.59 Å². The van der Waals surface area contributed by atoms with Crippen molar-refractivity contribution >= 4 is 46.7 Å². The SMILES string of the molecule is CCc1ccc(NC(=O)CSCCCCCCSCC(=O)Nc2ccc(CC)cc2)cc1. The van der Waals surface area contributed by atoms with E-state index in [2.05, 4.69) is 48.7 Å². The molecule has 32 heavy (non-hydrogen) atoms. The number of nitrogens with one attached hydrogen (secondary N) is 2. The van der Waals surface area contributed by atoms with Crippen molar-refractivity contribution in [2.24, 2.45) is 0 Å². The number of carbonyl (C=O) groups excluding carboxylic acids is 2. The summed E-state index contributed by atoms with van der Waals surface area (Å²) in [4.78, 5) is 24.0. The molecule has 0 atom stereocenters. The Hall–Kier alpha value is -1.92. The highest BCUT2D eigenvalue weighted by molar-refractivity contribution is 8.00. The number of amides is 2. The van der Waals surface area contributed by atoms with E-state index in [1.165, 1.54) is 24.0 Å². The third-order valence-electron chi connectivity index (χ3n) is 5.09. The molecule has 0 saturated carbocycles. The quantitative estimate of drug-likeness (QED) is 0.294. The normalized spacial score (nSPS) is 10.7. The van der Waals surface area contributed by atoms with E-state index in [1.807, 2.05) is 24.3 Å². The second-order valence-corrected chi connectivity index (χ2v) is 9.93. The van der Waals surface area contributed by atoms with Gasteiger partial charge in [-0.25, -0.2) is 0 Å². The van der Waals surface area contributed by atoms with Crippen LogP contribution in [-0.4, -0.2) is 34.8 Å². The van der Waals surface area contributed by atoms with Crippen molar-refractivity contribution in [3.63, 3.8) is 0 Å². The van der Waals surface area contributed by atoms with Crippen molar-refractivity contribution in [2.45, 2.75) is 52.4 Å². The molecular weight excluding hydrogens is 436 g/mol. The molecule has 0 spiro atoms. The minimum absolute atomic E-state index is 0.0650. The van der Waals surface area contributed by atoms with Crippen LogP contribution in [0, 0.1) is 0 Å². The number of aryl methyl sites for hydroxylation is 2. The Balaban J connectivity index is 1.41. The highest BCUT2D eigenvalue weighted by Gasteiger charge is 2.04. The molecular formula is C26H36N2O2S2. The molecule has 2 rings (SSSR count). The summed E-state index contributed by atoms with van der Waals surface area (Å²) in [6.45, 7) is 4.24. The van der Waals surface area contributed by atoms with Crippen LogP contribution in [-0.2, 0) is 22.4 Å². The first kappa shape index (κ1) is 26.3. The smallest absolute Gasteiger partial charge is 0.234 e. The molecule has 0 aliphatic carbocycles. The lowest BCUT2D eigenvalue weighted by molar-refractivity contribution is -0.114. The van der Waals surface area contributed by atoms with Crippen molar-refractivity contribution in [3.8, 4) is 0 Å². The van der Waals surface area contributed by atoms with Gasteiger partial charge in [-0.05, 0) is 72.6 Å².